The van der Waals surface area contributed by atoms with Crippen molar-refractivity contribution in [3.05, 3.63) is 27.8 Å². The first-order valence-corrected chi connectivity index (χ1v) is 14.8. The normalized spacial score (nSPS) is 28.0. The van der Waals surface area contributed by atoms with Gasteiger partial charge in [-0.3, -0.25) is 0 Å². The number of piperidine rings is 1. The maximum atomic E-state index is 13.9. The van der Waals surface area contributed by atoms with Crippen molar-refractivity contribution >= 4 is 38.7 Å². The molecule has 2 saturated heterocycles. The van der Waals surface area contributed by atoms with Gasteiger partial charge in [-0.05, 0) is 90.8 Å². The van der Waals surface area contributed by atoms with Crippen LogP contribution in [0.2, 0.25) is 0 Å². The number of aliphatic hydroxyl groups excluding tert-OH is 1. The molecule has 4 aliphatic rings. The number of sulfonamides is 1. The van der Waals surface area contributed by atoms with Crippen LogP contribution in [-0.2, 0) is 19.5 Å². The van der Waals surface area contributed by atoms with Crippen molar-refractivity contribution < 1.29 is 27.8 Å². The van der Waals surface area contributed by atoms with Gasteiger partial charge in [0.2, 0.25) is 10.0 Å². The van der Waals surface area contributed by atoms with Crippen LogP contribution in [0.1, 0.15) is 44.9 Å². The summed E-state index contributed by atoms with van der Waals surface area (Å²) >= 11 is 2.17. The Balaban J connectivity index is 1.39. The van der Waals surface area contributed by atoms with Gasteiger partial charge in [-0.15, -0.1) is 0 Å². The summed E-state index contributed by atoms with van der Waals surface area (Å²) in [5.41, 5.74) is -0.844. The third-order valence-electron chi connectivity index (χ3n) is 7.72. The van der Waals surface area contributed by atoms with E-state index in [4.69, 9.17) is 9.47 Å². The van der Waals surface area contributed by atoms with Gasteiger partial charge in [0, 0.05) is 29.3 Å². The van der Waals surface area contributed by atoms with Crippen LogP contribution < -0.4 is 0 Å². The van der Waals surface area contributed by atoms with Crippen molar-refractivity contribution in [3.8, 4) is 0 Å². The highest BCUT2D eigenvalue weighted by molar-refractivity contribution is 14.1. The number of rotatable bonds is 7. The molecule has 1 amide bonds. The lowest BCUT2D eigenvalue weighted by molar-refractivity contribution is -0.0746. The zero-order chi connectivity index (χ0) is 23.9. The molecule has 2 aliphatic heterocycles. The second-order valence-electron chi connectivity index (χ2n) is 10.2. The summed E-state index contributed by atoms with van der Waals surface area (Å²) in [7, 11) is -3.79. The number of benzene rings is 1. The molecule has 10 heteroatoms. The van der Waals surface area contributed by atoms with E-state index in [0.29, 0.717) is 38.5 Å². The number of likely N-dealkylation sites (tertiary alicyclic amines) is 1. The lowest BCUT2D eigenvalue weighted by Gasteiger charge is -2.44. The largest absolute Gasteiger partial charge is 0.441 e. The minimum atomic E-state index is -3.79. The number of ether oxygens (including phenoxy) is 2. The summed E-state index contributed by atoms with van der Waals surface area (Å²) in [6.45, 7) is 1.84. The molecule has 1 N–H and O–H groups in total. The van der Waals surface area contributed by atoms with Crippen LogP contribution in [0.3, 0.4) is 0 Å². The Bertz CT molecular complexity index is 987. The summed E-state index contributed by atoms with van der Waals surface area (Å²) < 4.78 is 42.5. The predicted octanol–water partition coefficient (Wildman–Crippen LogP) is 3.22. The van der Waals surface area contributed by atoms with Crippen LogP contribution in [0.5, 0.6) is 0 Å². The molecule has 0 bridgehead atoms. The van der Waals surface area contributed by atoms with Gasteiger partial charge in [-0.2, -0.15) is 4.31 Å². The van der Waals surface area contributed by atoms with E-state index in [1.165, 1.54) is 0 Å². The average molecular weight is 605 g/mol. The van der Waals surface area contributed by atoms with Crippen molar-refractivity contribution in [2.45, 2.75) is 67.5 Å². The van der Waals surface area contributed by atoms with Crippen molar-refractivity contribution in [1.82, 2.24) is 9.21 Å². The highest BCUT2D eigenvalue weighted by Crippen LogP contribution is 2.49. The summed E-state index contributed by atoms with van der Waals surface area (Å²) in [4.78, 5) is 15.0. The molecule has 0 spiro atoms. The molecule has 0 radical (unpaired) electrons. The maximum Gasteiger partial charge on any atom is 0.410 e. The molecule has 5 rings (SSSR count). The fourth-order valence-electron chi connectivity index (χ4n) is 5.27. The molecule has 4 fully saturated rings. The molecule has 2 atom stereocenters. The van der Waals surface area contributed by atoms with E-state index in [1.54, 1.807) is 21.3 Å². The van der Waals surface area contributed by atoms with Gasteiger partial charge >= 0.3 is 6.09 Å². The van der Waals surface area contributed by atoms with E-state index in [2.05, 4.69) is 22.6 Å². The van der Waals surface area contributed by atoms with Gasteiger partial charge in [0.05, 0.1) is 24.2 Å². The number of carbonyl (C=O) groups excluding carboxylic acids is 1. The topological polar surface area (TPSA) is 96.4 Å². The van der Waals surface area contributed by atoms with Crippen LogP contribution in [0.4, 0.5) is 4.79 Å². The summed E-state index contributed by atoms with van der Waals surface area (Å²) in [5.74, 6) is 0.760. The average Bonchev–Trinajstić information content (AvgIpc) is 3.77. The second-order valence-corrected chi connectivity index (χ2v) is 13.3. The molecule has 0 unspecified atom stereocenters. The summed E-state index contributed by atoms with van der Waals surface area (Å²) in [6, 6.07) is 6.15. The highest BCUT2D eigenvalue weighted by Gasteiger charge is 2.60. The molecule has 2 aliphatic carbocycles. The van der Waals surface area contributed by atoms with E-state index in [9.17, 15) is 18.3 Å². The summed E-state index contributed by atoms with van der Waals surface area (Å²) in [6.07, 6.45) is 5.42. The van der Waals surface area contributed by atoms with E-state index >= 15 is 0 Å². The Kier molecular flexibility index (Phi) is 7.15. The molecule has 1 aromatic rings. The smallest absolute Gasteiger partial charge is 0.410 e. The maximum absolute atomic E-state index is 13.9. The first-order chi connectivity index (χ1) is 16.3. The standard InChI is InChI=1S/C24H33IN2O6S/c25-19-3-5-21(6-4-19)34(30,31)27-20(13-17-1-2-17)15-32-16-22(27)24(9-10-24)33-23(29)26-11-7-18(14-28)8-12-26/h3-6,17-18,20,22,28H,1-2,7-16H2/t20-,22-/m1/s1. The number of aliphatic hydroxyl groups is 1. The lowest BCUT2D eigenvalue weighted by atomic mass is 9.98. The highest BCUT2D eigenvalue weighted by atomic mass is 127. The van der Waals surface area contributed by atoms with E-state index in [0.717, 1.165) is 35.7 Å². The number of amides is 1. The monoisotopic (exact) mass is 604 g/mol. The minimum Gasteiger partial charge on any atom is -0.441 e. The number of hydrogen-bond donors (Lipinski definition) is 1. The minimum absolute atomic E-state index is 0.139. The molecule has 34 heavy (non-hydrogen) atoms. The third-order valence-corrected chi connectivity index (χ3v) is 10.4. The quantitative estimate of drug-likeness (QED) is 0.481. The molecule has 2 heterocycles. The van der Waals surface area contributed by atoms with E-state index in [-0.39, 0.29) is 36.2 Å². The van der Waals surface area contributed by atoms with Gasteiger partial charge in [0.15, 0.2) is 0 Å². The first-order valence-electron chi connectivity index (χ1n) is 12.3. The van der Waals surface area contributed by atoms with E-state index in [1.807, 2.05) is 12.1 Å². The fourth-order valence-corrected chi connectivity index (χ4v) is 7.48. The van der Waals surface area contributed by atoms with Gasteiger partial charge in [0.1, 0.15) is 5.60 Å². The molecule has 1 aromatic carbocycles. The number of carbonyl (C=O) groups is 1. The zero-order valence-corrected chi connectivity index (χ0v) is 22.2. The molecule has 2 saturated carbocycles. The Labute approximate surface area is 215 Å². The van der Waals surface area contributed by atoms with Gasteiger partial charge in [-0.1, -0.05) is 12.8 Å². The van der Waals surface area contributed by atoms with Crippen LogP contribution in [-0.4, -0.2) is 79.4 Å². The van der Waals surface area contributed by atoms with Crippen LogP contribution in [0.25, 0.3) is 0 Å². The third kappa shape index (κ3) is 5.11. The Morgan fingerprint density at radius 3 is 2.35 bits per heavy atom. The van der Waals surface area contributed by atoms with Crippen LogP contribution in [0, 0.1) is 15.4 Å². The van der Waals surface area contributed by atoms with Crippen molar-refractivity contribution in [2.24, 2.45) is 11.8 Å². The van der Waals surface area contributed by atoms with Crippen LogP contribution in [0.15, 0.2) is 29.2 Å². The van der Waals surface area contributed by atoms with E-state index < -0.39 is 21.7 Å². The lowest BCUT2D eigenvalue weighted by Crippen LogP contribution is -2.61. The Morgan fingerprint density at radius 1 is 1.09 bits per heavy atom. The van der Waals surface area contributed by atoms with Crippen LogP contribution >= 0.6 is 22.6 Å². The van der Waals surface area contributed by atoms with Crippen molar-refractivity contribution in [3.63, 3.8) is 0 Å². The van der Waals surface area contributed by atoms with Gasteiger partial charge in [-0.25, -0.2) is 13.2 Å². The summed E-state index contributed by atoms with van der Waals surface area (Å²) in [5, 5.41) is 9.38. The Morgan fingerprint density at radius 2 is 1.76 bits per heavy atom. The zero-order valence-electron chi connectivity index (χ0n) is 19.3. The molecule has 188 valence electrons. The second kappa shape index (κ2) is 9.84. The number of hydrogen-bond acceptors (Lipinski definition) is 6. The predicted molar refractivity (Wildman–Crippen MR) is 134 cm³/mol. The molecular weight excluding hydrogens is 571 g/mol. The Hall–Kier alpha value is -0.950. The number of halogens is 1. The number of nitrogens with zero attached hydrogens (tertiary/aromatic N) is 2. The van der Waals surface area contributed by atoms with Crippen molar-refractivity contribution in [1.29, 1.82) is 0 Å². The molecular formula is C24H33IN2O6S. The molecule has 0 aromatic heterocycles. The number of morpholine rings is 1. The fraction of sp³-hybridized carbons (Fsp3) is 0.708. The molecule has 8 nitrogen and oxygen atoms in total. The van der Waals surface area contributed by atoms with Crippen molar-refractivity contribution in [2.75, 3.05) is 32.9 Å². The first kappa shape index (κ1) is 24.7. The van der Waals surface area contributed by atoms with Gasteiger partial charge in [0.25, 0.3) is 0 Å². The SMILES string of the molecule is O=C(OC1([C@H]2COC[C@@H](CC3CC3)N2S(=O)(=O)c2ccc(I)cc2)CC1)N1CCC(CO)CC1. The van der Waals surface area contributed by atoms with Gasteiger partial charge < -0.3 is 19.5 Å².